The van der Waals surface area contributed by atoms with Gasteiger partial charge in [-0.1, -0.05) is 25.5 Å². The van der Waals surface area contributed by atoms with E-state index < -0.39 is 5.91 Å². The van der Waals surface area contributed by atoms with Crippen molar-refractivity contribution in [3.63, 3.8) is 0 Å². The highest BCUT2D eigenvalue weighted by atomic mass is 32.1. The minimum atomic E-state index is -0.414. The van der Waals surface area contributed by atoms with Crippen LogP contribution in [-0.4, -0.2) is 20.7 Å². The van der Waals surface area contributed by atoms with Crippen molar-refractivity contribution in [3.05, 3.63) is 74.9 Å². The van der Waals surface area contributed by atoms with Gasteiger partial charge in [0.1, 0.15) is 11.5 Å². The predicted octanol–water partition coefficient (Wildman–Crippen LogP) is 3.48. The normalized spacial score (nSPS) is 10.7. The Kier molecular flexibility index (Phi) is 6.08. The van der Waals surface area contributed by atoms with E-state index in [1.807, 2.05) is 6.92 Å². The first-order valence-corrected chi connectivity index (χ1v) is 9.45. The van der Waals surface area contributed by atoms with Gasteiger partial charge in [0.15, 0.2) is 5.13 Å². The van der Waals surface area contributed by atoms with Crippen LogP contribution in [0.15, 0.2) is 47.4 Å². The fraction of sp³-hybridized carbons (Fsp3) is 0.263. The SMILES string of the molecule is CCCCn1nc(C(=O)Nc2ncc(Cc3ccc(F)cc3)s2)ccc1=O. The number of nitrogens with zero attached hydrogens (tertiary/aromatic N) is 3. The number of benzene rings is 1. The average Bonchev–Trinajstić information content (AvgIpc) is 3.09. The zero-order valence-electron chi connectivity index (χ0n) is 14.8. The molecule has 140 valence electrons. The van der Waals surface area contributed by atoms with Crippen molar-refractivity contribution in [2.75, 3.05) is 5.32 Å². The smallest absolute Gasteiger partial charge is 0.277 e. The minimum Gasteiger partial charge on any atom is -0.296 e. The molecule has 0 atom stereocenters. The molecule has 0 saturated carbocycles. The van der Waals surface area contributed by atoms with Gasteiger partial charge in [0.05, 0.1) is 0 Å². The molecule has 8 heteroatoms. The van der Waals surface area contributed by atoms with Gasteiger partial charge in [-0.25, -0.2) is 14.1 Å². The summed E-state index contributed by atoms with van der Waals surface area (Å²) in [5.41, 5.74) is 0.902. The van der Waals surface area contributed by atoms with E-state index >= 15 is 0 Å². The van der Waals surface area contributed by atoms with Crippen LogP contribution in [0.3, 0.4) is 0 Å². The number of nitrogens with one attached hydrogen (secondary N) is 1. The van der Waals surface area contributed by atoms with Gasteiger partial charge in [0.25, 0.3) is 11.5 Å². The summed E-state index contributed by atoms with van der Waals surface area (Å²) in [4.78, 5) is 29.3. The van der Waals surface area contributed by atoms with E-state index in [0.717, 1.165) is 23.3 Å². The summed E-state index contributed by atoms with van der Waals surface area (Å²) < 4.78 is 14.3. The molecule has 2 aromatic heterocycles. The predicted molar refractivity (Wildman–Crippen MR) is 103 cm³/mol. The molecule has 1 amide bonds. The second-order valence-corrected chi connectivity index (χ2v) is 7.14. The number of amides is 1. The molecule has 0 spiro atoms. The van der Waals surface area contributed by atoms with Gasteiger partial charge in [-0.05, 0) is 30.2 Å². The summed E-state index contributed by atoms with van der Waals surface area (Å²) in [7, 11) is 0. The molecular weight excluding hydrogens is 367 g/mol. The minimum absolute atomic E-state index is 0.168. The van der Waals surface area contributed by atoms with Crippen LogP contribution < -0.4 is 10.9 Å². The molecule has 0 fully saturated rings. The number of aromatic nitrogens is 3. The Morgan fingerprint density at radius 1 is 1.22 bits per heavy atom. The number of carbonyl (C=O) groups excluding carboxylic acids is 1. The molecule has 3 rings (SSSR count). The Morgan fingerprint density at radius 3 is 2.74 bits per heavy atom. The lowest BCUT2D eigenvalue weighted by molar-refractivity contribution is 0.101. The molecule has 1 aromatic carbocycles. The Labute approximate surface area is 159 Å². The maximum Gasteiger partial charge on any atom is 0.277 e. The molecule has 0 radical (unpaired) electrons. The highest BCUT2D eigenvalue weighted by Crippen LogP contribution is 2.21. The summed E-state index contributed by atoms with van der Waals surface area (Å²) in [6.45, 7) is 2.50. The van der Waals surface area contributed by atoms with Gasteiger partial charge in [-0.3, -0.25) is 14.9 Å². The van der Waals surface area contributed by atoms with Crippen LogP contribution in [0.1, 0.15) is 40.7 Å². The zero-order valence-corrected chi connectivity index (χ0v) is 15.6. The van der Waals surface area contributed by atoms with Gasteiger partial charge in [-0.2, -0.15) is 5.10 Å². The van der Waals surface area contributed by atoms with Crippen molar-refractivity contribution in [3.8, 4) is 0 Å². The van der Waals surface area contributed by atoms with Gasteiger partial charge in [0.2, 0.25) is 0 Å². The molecule has 0 bridgehead atoms. The molecule has 0 saturated heterocycles. The van der Waals surface area contributed by atoms with Crippen molar-refractivity contribution >= 4 is 22.4 Å². The number of aryl methyl sites for hydroxylation is 1. The molecule has 0 aliphatic rings. The van der Waals surface area contributed by atoms with Gasteiger partial charge >= 0.3 is 0 Å². The highest BCUT2D eigenvalue weighted by molar-refractivity contribution is 7.15. The third-order valence-electron chi connectivity index (χ3n) is 3.89. The lowest BCUT2D eigenvalue weighted by Crippen LogP contribution is -2.26. The van der Waals surface area contributed by atoms with E-state index in [2.05, 4.69) is 15.4 Å². The monoisotopic (exact) mass is 386 g/mol. The van der Waals surface area contributed by atoms with Crippen molar-refractivity contribution in [1.82, 2.24) is 14.8 Å². The van der Waals surface area contributed by atoms with Crippen LogP contribution in [0.2, 0.25) is 0 Å². The summed E-state index contributed by atoms with van der Waals surface area (Å²) in [5.74, 6) is -0.688. The average molecular weight is 386 g/mol. The number of carbonyl (C=O) groups is 1. The second-order valence-electron chi connectivity index (χ2n) is 6.02. The molecule has 0 aliphatic carbocycles. The lowest BCUT2D eigenvalue weighted by atomic mass is 10.1. The quantitative estimate of drug-likeness (QED) is 0.674. The van der Waals surface area contributed by atoms with Crippen LogP contribution in [0.4, 0.5) is 9.52 Å². The fourth-order valence-corrected chi connectivity index (χ4v) is 3.29. The van der Waals surface area contributed by atoms with Gasteiger partial charge in [-0.15, -0.1) is 11.3 Å². The van der Waals surface area contributed by atoms with Gasteiger partial charge in [0, 0.05) is 30.1 Å². The number of hydrogen-bond acceptors (Lipinski definition) is 5. The molecule has 3 aromatic rings. The van der Waals surface area contributed by atoms with Crippen molar-refractivity contribution in [1.29, 1.82) is 0 Å². The van der Waals surface area contributed by atoms with Crippen molar-refractivity contribution < 1.29 is 9.18 Å². The largest absolute Gasteiger partial charge is 0.296 e. The van der Waals surface area contributed by atoms with E-state index in [-0.39, 0.29) is 17.1 Å². The lowest BCUT2D eigenvalue weighted by Gasteiger charge is -2.06. The third-order valence-corrected chi connectivity index (χ3v) is 4.80. The molecule has 0 unspecified atom stereocenters. The number of rotatable bonds is 7. The van der Waals surface area contributed by atoms with E-state index in [1.165, 1.54) is 40.3 Å². The molecule has 0 aliphatic heterocycles. The Balaban J connectivity index is 1.67. The number of unbranched alkanes of at least 4 members (excludes halogenated alkanes) is 1. The summed E-state index contributed by atoms with van der Waals surface area (Å²) >= 11 is 1.34. The Morgan fingerprint density at radius 2 is 2.00 bits per heavy atom. The highest BCUT2D eigenvalue weighted by Gasteiger charge is 2.12. The van der Waals surface area contributed by atoms with E-state index in [1.54, 1.807) is 18.3 Å². The first kappa shape index (κ1) is 18.9. The number of hydrogen-bond donors (Lipinski definition) is 1. The molecule has 27 heavy (non-hydrogen) atoms. The Bertz CT molecular complexity index is 982. The van der Waals surface area contributed by atoms with Crippen LogP contribution in [0.25, 0.3) is 0 Å². The standard InChI is InChI=1S/C19H19FN4O2S/c1-2-3-10-24-17(25)9-8-16(23-24)18(26)22-19-21-12-15(27-19)11-13-4-6-14(20)7-5-13/h4-9,12H,2-3,10-11H2,1H3,(H,21,22,26). The van der Waals surface area contributed by atoms with Crippen LogP contribution in [-0.2, 0) is 13.0 Å². The summed E-state index contributed by atoms with van der Waals surface area (Å²) in [6, 6.07) is 9.02. The summed E-state index contributed by atoms with van der Waals surface area (Å²) in [6.07, 6.45) is 4.03. The maximum absolute atomic E-state index is 13.0. The number of anilines is 1. The van der Waals surface area contributed by atoms with Crippen molar-refractivity contribution in [2.45, 2.75) is 32.7 Å². The van der Waals surface area contributed by atoms with Gasteiger partial charge < -0.3 is 0 Å². The number of halogens is 1. The van der Waals surface area contributed by atoms with Crippen LogP contribution in [0.5, 0.6) is 0 Å². The van der Waals surface area contributed by atoms with Crippen molar-refractivity contribution in [2.24, 2.45) is 0 Å². The van der Waals surface area contributed by atoms with E-state index in [0.29, 0.717) is 18.1 Å². The van der Waals surface area contributed by atoms with E-state index in [4.69, 9.17) is 0 Å². The van der Waals surface area contributed by atoms with Crippen LogP contribution >= 0.6 is 11.3 Å². The third kappa shape index (κ3) is 5.07. The number of thiazole rings is 1. The summed E-state index contributed by atoms with van der Waals surface area (Å²) in [5, 5.41) is 7.28. The molecular formula is C19H19FN4O2S. The molecule has 1 N–H and O–H groups in total. The topological polar surface area (TPSA) is 76.9 Å². The first-order chi connectivity index (χ1) is 13.0. The molecule has 2 heterocycles. The Hall–Kier alpha value is -2.87. The van der Waals surface area contributed by atoms with Crippen LogP contribution in [0, 0.1) is 5.82 Å². The van der Waals surface area contributed by atoms with E-state index in [9.17, 15) is 14.0 Å². The maximum atomic E-state index is 13.0. The molecule has 6 nitrogen and oxygen atoms in total. The first-order valence-electron chi connectivity index (χ1n) is 8.64. The fourth-order valence-electron chi connectivity index (χ4n) is 2.45. The second kappa shape index (κ2) is 8.68. The zero-order chi connectivity index (χ0) is 19.2.